The van der Waals surface area contributed by atoms with Crippen molar-refractivity contribution in [3.63, 3.8) is 0 Å². The Morgan fingerprint density at radius 1 is 1.29 bits per heavy atom. The molecule has 0 radical (unpaired) electrons. The summed E-state index contributed by atoms with van der Waals surface area (Å²) in [5.41, 5.74) is 1.82. The van der Waals surface area contributed by atoms with Crippen molar-refractivity contribution in [1.82, 2.24) is 10.3 Å². The van der Waals surface area contributed by atoms with Crippen molar-refractivity contribution in [1.29, 1.82) is 0 Å². The van der Waals surface area contributed by atoms with Gasteiger partial charge in [0.05, 0.1) is 19.8 Å². The van der Waals surface area contributed by atoms with Gasteiger partial charge in [-0.15, -0.1) is 0 Å². The smallest absolute Gasteiger partial charge is 0.286 e. The third-order valence-corrected chi connectivity index (χ3v) is 3.88. The van der Waals surface area contributed by atoms with Crippen LogP contribution in [0, 0.1) is 0 Å². The van der Waals surface area contributed by atoms with Gasteiger partial charge in [-0.3, -0.25) is 9.78 Å². The minimum atomic E-state index is -0.326. The highest BCUT2D eigenvalue weighted by Gasteiger charge is 2.21. The zero-order valence-electron chi connectivity index (χ0n) is 13.6. The van der Waals surface area contributed by atoms with Crippen LogP contribution < -0.4 is 10.1 Å². The van der Waals surface area contributed by atoms with Crippen molar-refractivity contribution in [2.24, 2.45) is 0 Å². The highest BCUT2D eigenvalue weighted by atomic mass is 16.5. The standard InChI is InChI=1S/C19H20N2O3/c1-23-16-8-4-6-14(12-16)18(15-7-5-10-20-13-15)21-19(22)17-9-2-3-11-24-17/h4-10,12-13,18H,2-3,11H2,1H3,(H,21,22). The average molecular weight is 324 g/mol. The Hall–Kier alpha value is -2.82. The zero-order valence-corrected chi connectivity index (χ0v) is 13.6. The Bertz CT molecular complexity index is 728. The molecule has 2 heterocycles. The molecule has 0 saturated heterocycles. The summed E-state index contributed by atoms with van der Waals surface area (Å²) in [7, 11) is 1.62. The molecule has 1 aromatic heterocycles. The Balaban J connectivity index is 1.90. The van der Waals surface area contributed by atoms with Crippen molar-refractivity contribution in [2.45, 2.75) is 18.9 Å². The van der Waals surface area contributed by atoms with Crippen molar-refractivity contribution in [3.05, 3.63) is 71.8 Å². The lowest BCUT2D eigenvalue weighted by atomic mass is 9.99. The van der Waals surface area contributed by atoms with Gasteiger partial charge in [0, 0.05) is 12.4 Å². The number of rotatable bonds is 5. The minimum absolute atomic E-state index is 0.216. The average Bonchev–Trinajstić information content (AvgIpc) is 2.67. The summed E-state index contributed by atoms with van der Waals surface area (Å²) in [5, 5.41) is 3.04. The predicted molar refractivity (Wildman–Crippen MR) is 90.5 cm³/mol. The van der Waals surface area contributed by atoms with Gasteiger partial charge < -0.3 is 14.8 Å². The summed E-state index contributed by atoms with van der Waals surface area (Å²) >= 11 is 0. The molecule has 0 saturated carbocycles. The Labute approximate surface area is 141 Å². The first-order valence-electron chi connectivity index (χ1n) is 7.95. The number of allylic oxidation sites excluding steroid dienone is 1. The van der Waals surface area contributed by atoms with E-state index in [9.17, 15) is 4.79 Å². The lowest BCUT2D eigenvalue weighted by molar-refractivity contribution is -0.121. The van der Waals surface area contributed by atoms with Crippen LogP contribution in [0.3, 0.4) is 0 Å². The Kier molecular flexibility index (Phi) is 5.11. The molecule has 5 heteroatoms. The number of benzene rings is 1. The van der Waals surface area contributed by atoms with Gasteiger partial charge >= 0.3 is 0 Å². The number of nitrogens with one attached hydrogen (secondary N) is 1. The van der Waals surface area contributed by atoms with E-state index in [-0.39, 0.29) is 11.9 Å². The van der Waals surface area contributed by atoms with Gasteiger partial charge in [-0.1, -0.05) is 18.2 Å². The molecule has 1 amide bonds. The van der Waals surface area contributed by atoms with Crippen LogP contribution in [0.4, 0.5) is 0 Å². The van der Waals surface area contributed by atoms with Crippen LogP contribution in [0.15, 0.2) is 60.6 Å². The van der Waals surface area contributed by atoms with Crippen molar-refractivity contribution >= 4 is 5.91 Å². The number of hydrogen-bond donors (Lipinski definition) is 1. The van der Waals surface area contributed by atoms with E-state index in [1.807, 2.05) is 42.5 Å². The number of nitrogens with zero attached hydrogens (tertiary/aromatic N) is 1. The van der Waals surface area contributed by atoms with Crippen molar-refractivity contribution in [2.75, 3.05) is 13.7 Å². The van der Waals surface area contributed by atoms with E-state index < -0.39 is 0 Å². The van der Waals surface area contributed by atoms with E-state index in [1.165, 1.54) is 0 Å². The fraction of sp³-hybridized carbons (Fsp3) is 0.263. The molecule has 1 unspecified atom stereocenters. The van der Waals surface area contributed by atoms with Gasteiger partial charge in [-0.05, 0) is 48.2 Å². The maximum atomic E-state index is 12.6. The van der Waals surface area contributed by atoms with Gasteiger partial charge in [0.1, 0.15) is 5.75 Å². The summed E-state index contributed by atoms with van der Waals surface area (Å²) in [6, 6.07) is 11.1. The fourth-order valence-electron chi connectivity index (χ4n) is 2.64. The molecular weight excluding hydrogens is 304 g/mol. The number of methoxy groups -OCH3 is 1. The summed E-state index contributed by atoms with van der Waals surface area (Å²) in [4.78, 5) is 16.7. The Morgan fingerprint density at radius 3 is 2.88 bits per heavy atom. The fourth-order valence-corrected chi connectivity index (χ4v) is 2.64. The molecule has 3 rings (SSSR count). The second kappa shape index (κ2) is 7.64. The maximum Gasteiger partial charge on any atom is 0.286 e. The number of hydrogen-bond acceptors (Lipinski definition) is 4. The normalized spacial score (nSPS) is 15.0. The molecule has 5 nitrogen and oxygen atoms in total. The summed E-state index contributed by atoms with van der Waals surface area (Å²) in [6.07, 6.45) is 7.10. The molecule has 0 spiro atoms. The molecule has 0 fully saturated rings. The van der Waals surface area contributed by atoms with Crippen LogP contribution >= 0.6 is 0 Å². The van der Waals surface area contributed by atoms with Gasteiger partial charge in [-0.25, -0.2) is 0 Å². The molecule has 1 aliphatic heterocycles. The minimum Gasteiger partial charge on any atom is -0.497 e. The van der Waals surface area contributed by atoms with Gasteiger partial charge in [0.15, 0.2) is 5.76 Å². The second-order valence-corrected chi connectivity index (χ2v) is 5.53. The number of amides is 1. The number of ether oxygens (including phenoxy) is 2. The topological polar surface area (TPSA) is 60.5 Å². The third-order valence-electron chi connectivity index (χ3n) is 3.88. The molecular formula is C19H20N2O3. The van der Waals surface area contributed by atoms with E-state index in [1.54, 1.807) is 19.5 Å². The summed E-state index contributed by atoms with van der Waals surface area (Å²) in [6.45, 7) is 0.579. The SMILES string of the molecule is COc1cccc(C(NC(=O)C2=CCCCO2)c2cccnc2)c1. The molecule has 1 N–H and O–H groups in total. The second-order valence-electron chi connectivity index (χ2n) is 5.53. The lowest BCUT2D eigenvalue weighted by Gasteiger charge is -2.22. The largest absolute Gasteiger partial charge is 0.497 e. The summed E-state index contributed by atoms with van der Waals surface area (Å²) in [5.74, 6) is 0.910. The van der Waals surface area contributed by atoms with E-state index in [0.717, 1.165) is 29.7 Å². The van der Waals surface area contributed by atoms with Crippen molar-refractivity contribution < 1.29 is 14.3 Å². The predicted octanol–water partition coefficient (Wildman–Crippen LogP) is 2.99. The highest BCUT2D eigenvalue weighted by Crippen LogP contribution is 2.25. The van der Waals surface area contributed by atoms with Crippen LogP contribution in [-0.4, -0.2) is 24.6 Å². The van der Waals surface area contributed by atoms with Gasteiger partial charge in [-0.2, -0.15) is 0 Å². The first-order valence-corrected chi connectivity index (χ1v) is 7.95. The van der Waals surface area contributed by atoms with E-state index in [2.05, 4.69) is 10.3 Å². The molecule has 124 valence electrons. The third kappa shape index (κ3) is 3.74. The maximum absolute atomic E-state index is 12.6. The van der Waals surface area contributed by atoms with Crippen molar-refractivity contribution in [3.8, 4) is 5.75 Å². The van der Waals surface area contributed by atoms with Crippen LogP contribution in [0.2, 0.25) is 0 Å². The van der Waals surface area contributed by atoms with E-state index >= 15 is 0 Å². The molecule has 0 bridgehead atoms. The number of carbonyl (C=O) groups is 1. The first-order chi connectivity index (χ1) is 11.8. The zero-order chi connectivity index (χ0) is 16.8. The van der Waals surface area contributed by atoms with Crippen LogP contribution in [0.5, 0.6) is 5.75 Å². The molecule has 1 aliphatic rings. The van der Waals surface area contributed by atoms with Gasteiger partial charge in [0.25, 0.3) is 5.91 Å². The molecule has 1 atom stereocenters. The van der Waals surface area contributed by atoms with Crippen LogP contribution in [0.25, 0.3) is 0 Å². The number of carbonyl (C=O) groups excluding carboxylic acids is 1. The first kappa shape index (κ1) is 16.1. The van der Waals surface area contributed by atoms with Gasteiger partial charge in [0.2, 0.25) is 0 Å². The Morgan fingerprint density at radius 2 is 2.17 bits per heavy atom. The molecule has 0 aliphatic carbocycles. The van der Waals surface area contributed by atoms with E-state index in [4.69, 9.17) is 9.47 Å². The molecule has 1 aromatic carbocycles. The lowest BCUT2D eigenvalue weighted by Crippen LogP contribution is -2.32. The number of aromatic nitrogens is 1. The molecule has 24 heavy (non-hydrogen) atoms. The molecule has 2 aromatic rings. The van der Waals surface area contributed by atoms with Crippen LogP contribution in [0.1, 0.15) is 30.0 Å². The summed E-state index contributed by atoms with van der Waals surface area (Å²) < 4.78 is 10.8. The van der Waals surface area contributed by atoms with Crippen LogP contribution in [-0.2, 0) is 9.53 Å². The quantitative estimate of drug-likeness (QED) is 0.918. The highest BCUT2D eigenvalue weighted by molar-refractivity contribution is 5.92. The number of pyridine rings is 1. The monoisotopic (exact) mass is 324 g/mol. The van der Waals surface area contributed by atoms with E-state index in [0.29, 0.717) is 12.4 Å².